The zero-order valence-corrected chi connectivity index (χ0v) is 13.0. The van der Waals surface area contributed by atoms with Crippen molar-refractivity contribution in [3.05, 3.63) is 48.4 Å². The number of nitriles is 1. The summed E-state index contributed by atoms with van der Waals surface area (Å²) in [7, 11) is 0. The molecule has 0 aliphatic heterocycles. The fourth-order valence-electron chi connectivity index (χ4n) is 1.88. The molecule has 2 N–H and O–H groups in total. The van der Waals surface area contributed by atoms with E-state index in [2.05, 4.69) is 16.7 Å². The second-order valence-corrected chi connectivity index (χ2v) is 5.63. The Morgan fingerprint density at radius 3 is 2.91 bits per heavy atom. The van der Waals surface area contributed by atoms with Gasteiger partial charge in [-0.15, -0.1) is 11.8 Å². The van der Waals surface area contributed by atoms with Crippen LogP contribution in [-0.4, -0.2) is 18.2 Å². The molecule has 114 valence electrons. The van der Waals surface area contributed by atoms with Gasteiger partial charge in [0.15, 0.2) is 0 Å². The standard InChI is InChI=1S/C16H17N3O2S/c1-12(14-6-4-9-21-14)18-11-16(20)19-13-5-2-3-7-15(13)22-10-8-17/h2-7,9,12,18H,10-11H2,1H3,(H,19,20)/t12-/m0/s1. The summed E-state index contributed by atoms with van der Waals surface area (Å²) in [6.45, 7) is 2.11. The number of carbonyl (C=O) groups excluding carboxylic acids is 1. The lowest BCUT2D eigenvalue weighted by Gasteiger charge is -2.13. The molecule has 1 amide bonds. The van der Waals surface area contributed by atoms with E-state index in [-0.39, 0.29) is 18.5 Å². The van der Waals surface area contributed by atoms with Gasteiger partial charge in [-0.25, -0.2) is 0 Å². The van der Waals surface area contributed by atoms with E-state index in [4.69, 9.17) is 9.68 Å². The van der Waals surface area contributed by atoms with Crippen LogP contribution in [0.5, 0.6) is 0 Å². The first-order valence-corrected chi connectivity index (χ1v) is 7.84. The van der Waals surface area contributed by atoms with E-state index < -0.39 is 0 Å². The Bertz CT molecular complexity index is 650. The van der Waals surface area contributed by atoms with Gasteiger partial charge in [0.25, 0.3) is 0 Å². The summed E-state index contributed by atoms with van der Waals surface area (Å²) in [5.41, 5.74) is 0.722. The number of thioether (sulfide) groups is 1. The number of para-hydroxylation sites is 1. The largest absolute Gasteiger partial charge is 0.468 e. The van der Waals surface area contributed by atoms with Gasteiger partial charge < -0.3 is 9.73 Å². The van der Waals surface area contributed by atoms with Crippen molar-refractivity contribution in [2.24, 2.45) is 0 Å². The lowest BCUT2D eigenvalue weighted by atomic mass is 10.2. The number of benzene rings is 1. The highest BCUT2D eigenvalue weighted by Crippen LogP contribution is 2.26. The van der Waals surface area contributed by atoms with Crippen molar-refractivity contribution in [1.82, 2.24) is 5.32 Å². The van der Waals surface area contributed by atoms with Crippen molar-refractivity contribution < 1.29 is 9.21 Å². The summed E-state index contributed by atoms with van der Waals surface area (Å²) in [6.07, 6.45) is 1.61. The Morgan fingerprint density at radius 1 is 1.36 bits per heavy atom. The van der Waals surface area contributed by atoms with Crippen LogP contribution in [0, 0.1) is 11.3 Å². The minimum absolute atomic E-state index is 0.0380. The average Bonchev–Trinajstić information content (AvgIpc) is 3.06. The zero-order chi connectivity index (χ0) is 15.8. The van der Waals surface area contributed by atoms with Crippen molar-refractivity contribution in [1.29, 1.82) is 5.26 Å². The van der Waals surface area contributed by atoms with Crippen LogP contribution < -0.4 is 10.6 Å². The van der Waals surface area contributed by atoms with Crippen LogP contribution in [0.3, 0.4) is 0 Å². The molecule has 1 atom stereocenters. The lowest BCUT2D eigenvalue weighted by molar-refractivity contribution is -0.115. The second kappa shape index (κ2) is 8.27. The summed E-state index contributed by atoms with van der Waals surface area (Å²) < 4.78 is 5.28. The summed E-state index contributed by atoms with van der Waals surface area (Å²) in [5, 5.41) is 14.6. The molecule has 0 fully saturated rings. The fraction of sp³-hybridized carbons (Fsp3) is 0.250. The fourth-order valence-corrected chi connectivity index (χ4v) is 2.55. The molecule has 1 heterocycles. The third kappa shape index (κ3) is 4.65. The van der Waals surface area contributed by atoms with E-state index in [0.29, 0.717) is 5.75 Å². The third-order valence-electron chi connectivity index (χ3n) is 2.99. The van der Waals surface area contributed by atoms with Gasteiger partial charge in [0.1, 0.15) is 5.76 Å². The van der Waals surface area contributed by atoms with Gasteiger partial charge >= 0.3 is 0 Å². The predicted molar refractivity (Wildman–Crippen MR) is 86.5 cm³/mol. The highest BCUT2D eigenvalue weighted by Gasteiger charge is 2.11. The number of hydrogen-bond donors (Lipinski definition) is 2. The molecule has 0 aliphatic rings. The number of nitrogens with zero attached hydrogens (tertiary/aromatic N) is 1. The van der Waals surface area contributed by atoms with Gasteiger partial charge in [-0.3, -0.25) is 10.1 Å². The molecule has 0 aliphatic carbocycles. The zero-order valence-electron chi connectivity index (χ0n) is 12.2. The van der Waals surface area contributed by atoms with Crippen LogP contribution in [0.25, 0.3) is 0 Å². The van der Waals surface area contributed by atoms with E-state index in [1.807, 2.05) is 43.3 Å². The molecule has 2 aromatic rings. The van der Waals surface area contributed by atoms with Crippen LogP contribution in [0.15, 0.2) is 52.0 Å². The number of hydrogen-bond acceptors (Lipinski definition) is 5. The quantitative estimate of drug-likeness (QED) is 0.767. The molecule has 1 aromatic carbocycles. The Hall–Kier alpha value is -2.23. The number of nitrogens with one attached hydrogen (secondary N) is 2. The van der Waals surface area contributed by atoms with Crippen LogP contribution >= 0.6 is 11.8 Å². The summed E-state index contributed by atoms with van der Waals surface area (Å²) in [4.78, 5) is 12.9. The molecule has 0 bridgehead atoms. The first-order valence-electron chi connectivity index (χ1n) is 6.86. The summed E-state index contributed by atoms with van der Waals surface area (Å²) >= 11 is 1.40. The monoisotopic (exact) mass is 315 g/mol. The van der Waals surface area contributed by atoms with E-state index in [1.54, 1.807) is 6.26 Å². The molecule has 6 heteroatoms. The first-order chi connectivity index (χ1) is 10.7. The molecule has 5 nitrogen and oxygen atoms in total. The predicted octanol–water partition coefficient (Wildman–Crippen LogP) is 3.18. The Kier molecular flexibility index (Phi) is 6.07. The highest BCUT2D eigenvalue weighted by atomic mass is 32.2. The number of amides is 1. The maximum atomic E-state index is 12.0. The molecule has 22 heavy (non-hydrogen) atoms. The van der Waals surface area contributed by atoms with E-state index in [9.17, 15) is 4.79 Å². The van der Waals surface area contributed by atoms with Crippen LogP contribution in [0.4, 0.5) is 5.69 Å². The van der Waals surface area contributed by atoms with Gasteiger partial charge in [0, 0.05) is 4.90 Å². The number of rotatable bonds is 7. The van der Waals surface area contributed by atoms with Crippen molar-refractivity contribution in [3.63, 3.8) is 0 Å². The number of anilines is 1. The highest BCUT2D eigenvalue weighted by molar-refractivity contribution is 7.99. The van der Waals surface area contributed by atoms with Gasteiger partial charge in [0.2, 0.25) is 5.91 Å². The van der Waals surface area contributed by atoms with Crippen molar-refractivity contribution in [2.75, 3.05) is 17.6 Å². The van der Waals surface area contributed by atoms with Crippen molar-refractivity contribution in [2.45, 2.75) is 17.9 Å². The average molecular weight is 315 g/mol. The van der Waals surface area contributed by atoms with Crippen LogP contribution in [-0.2, 0) is 4.79 Å². The molecule has 2 rings (SSSR count). The lowest BCUT2D eigenvalue weighted by Crippen LogP contribution is -2.30. The third-order valence-corrected chi connectivity index (χ3v) is 3.93. The van der Waals surface area contributed by atoms with Crippen molar-refractivity contribution in [3.8, 4) is 6.07 Å². The smallest absolute Gasteiger partial charge is 0.238 e. The minimum Gasteiger partial charge on any atom is -0.468 e. The number of carbonyl (C=O) groups is 1. The van der Waals surface area contributed by atoms with Crippen LogP contribution in [0.1, 0.15) is 18.7 Å². The van der Waals surface area contributed by atoms with Crippen LogP contribution in [0.2, 0.25) is 0 Å². The molecule has 0 saturated heterocycles. The maximum absolute atomic E-state index is 12.0. The molecular weight excluding hydrogens is 298 g/mol. The Balaban J connectivity index is 1.88. The number of furan rings is 1. The molecule has 0 radical (unpaired) electrons. The Labute approximate surface area is 133 Å². The van der Waals surface area contributed by atoms with E-state index >= 15 is 0 Å². The maximum Gasteiger partial charge on any atom is 0.238 e. The van der Waals surface area contributed by atoms with Gasteiger partial charge in [-0.05, 0) is 31.2 Å². The minimum atomic E-state index is -0.136. The molecule has 0 saturated carbocycles. The molecule has 0 spiro atoms. The second-order valence-electron chi connectivity index (χ2n) is 4.61. The Morgan fingerprint density at radius 2 is 2.18 bits per heavy atom. The summed E-state index contributed by atoms with van der Waals surface area (Å²) in [6, 6.07) is 13.2. The van der Waals surface area contributed by atoms with Gasteiger partial charge in [0.05, 0.1) is 36.4 Å². The topological polar surface area (TPSA) is 78.1 Å². The van der Waals surface area contributed by atoms with Gasteiger partial charge in [-0.2, -0.15) is 5.26 Å². The first kappa shape index (κ1) is 16.1. The normalized spacial score (nSPS) is 11.6. The summed E-state index contributed by atoms with van der Waals surface area (Å²) in [5.74, 6) is 1.00. The van der Waals surface area contributed by atoms with Crippen molar-refractivity contribution >= 4 is 23.4 Å². The molecule has 0 unspecified atom stereocenters. The van der Waals surface area contributed by atoms with E-state index in [0.717, 1.165) is 16.3 Å². The van der Waals surface area contributed by atoms with Gasteiger partial charge in [-0.1, -0.05) is 12.1 Å². The molecule has 1 aromatic heterocycles. The molecular formula is C16H17N3O2S. The van der Waals surface area contributed by atoms with E-state index in [1.165, 1.54) is 11.8 Å². The SMILES string of the molecule is C[C@H](NCC(=O)Nc1ccccc1SCC#N)c1ccco1.